The SMILES string of the molecule is Cc1nc(CCN2CCC(CNC(C)C)C2)no1. The Morgan fingerprint density at radius 2 is 2.33 bits per heavy atom. The summed E-state index contributed by atoms with van der Waals surface area (Å²) < 4.78 is 4.98. The Kier molecular flexibility index (Phi) is 4.72. The Morgan fingerprint density at radius 3 is 3.00 bits per heavy atom. The van der Waals surface area contributed by atoms with Crippen LogP contribution < -0.4 is 5.32 Å². The molecule has 1 aromatic rings. The fourth-order valence-electron chi connectivity index (χ4n) is 2.39. The standard InChI is InChI=1S/C13H24N4O/c1-10(2)14-8-12-4-6-17(9-12)7-5-13-15-11(3)18-16-13/h10,12,14H,4-9H2,1-3H3. The van der Waals surface area contributed by atoms with Crippen molar-refractivity contribution in [3.8, 4) is 0 Å². The molecule has 1 atom stereocenters. The maximum absolute atomic E-state index is 4.98. The van der Waals surface area contributed by atoms with E-state index in [-0.39, 0.29) is 0 Å². The molecule has 0 radical (unpaired) electrons. The van der Waals surface area contributed by atoms with Crippen LogP contribution in [0.5, 0.6) is 0 Å². The maximum atomic E-state index is 4.98. The van der Waals surface area contributed by atoms with Crippen LogP contribution in [0.3, 0.4) is 0 Å². The first-order valence-corrected chi connectivity index (χ1v) is 6.88. The van der Waals surface area contributed by atoms with Gasteiger partial charge in [-0.2, -0.15) is 4.98 Å². The largest absolute Gasteiger partial charge is 0.340 e. The van der Waals surface area contributed by atoms with Gasteiger partial charge < -0.3 is 14.7 Å². The van der Waals surface area contributed by atoms with Crippen molar-refractivity contribution in [3.05, 3.63) is 11.7 Å². The van der Waals surface area contributed by atoms with E-state index in [2.05, 4.69) is 34.2 Å². The predicted octanol–water partition coefficient (Wildman–Crippen LogP) is 1.24. The number of nitrogens with one attached hydrogen (secondary N) is 1. The zero-order valence-electron chi connectivity index (χ0n) is 11.6. The Hall–Kier alpha value is -0.940. The first kappa shape index (κ1) is 13.5. The van der Waals surface area contributed by atoms with Gasteiger partial charge in [-0.25, -0.2) is 0 Å². The number of aryl methyl sites for hydroxylation is 1. The quantitative estimate of drug-likeness (QED) is 0.825. The van der Waals surface area contributed by atoms with Crippen molar-refractivity contribution in [2.45, 2.75) is 39.7 Å². The van der Waals surface area contributed by atoms with Crippen molar-refractivity contribution in [3.63, 3.8) is 0 Å². The first-order chi connectivity index (χ1) is 8.63. The average molecular weight is 252 g/mol. The molecule has 1 aliphatic rings. The molecular formula is C13H24N4O. The molecule has 0 spiro atoms. The van der Waals surface area contributed by atoms with Crippen LogP contribution in [0, 0.1) is 12.8 Å². The van der Waals surface area contributed by atoms with Crippen molar-refractivity contribution in [1.29, 1.82) is 0 Å². The van der Waals surface area contributed by atoms with Gasteiger partial charge in [0.1, 0.15) is 0 Å². The molecule has 0 bridgehead atoms. The van der Waals surface area contributed by atoms with Gasteiger partial charge in [0.15, 0.2) is 5.82 Å². The van der Waals surface area contributed by atoms with Crippen LogP contribution in [0.4, 0.5) is 0 Å². The van der Waals surface area contributed by atoms with Gasteiger partial charge in [0.2, 0.25) is 5.89 Å². The topological polar surface area (TPSA) is 54.2 Å². The molecule has 1 aliphatic heterocycles. The van der Waals surface area contributed by atoms with Crippen LogP contribution >= 0.6 is 0 Å². The third kappa shape index (κ3) is 4.07. The summed E-state index contributed by atoms with van der Waals surface area (Å²) in [5, 5.41) is 7.45. The van der Waals surface area contributed by atoms with Gasteiger partial charge in [-0.1, -0.05) is 19.0 Å². The maximum Gasteiger partial charge on any atom is 0.223 e. The van der Waals surface area contributed by atoms with Crippen LogP contribution in [-0.2, 0) is 6.42 Å². The van der Waals surface area contributed by atoms with Crippen LogP contribution in [0.2, 0.25) is 0 Å². The van der Waals surface area contributed by atoms with E-state index < -0.39 is 0 Å². The summed E-state index contributed by atoms with van der Waals surface area (Å²) in [5.74, 6) is 2.28. The predicted molar refractivity (Wildman–Crippen MR) is 70.4 cm³/mol. The number of likely N-dealkylation sites (tertiary alicyclic amines) is 1. The number of rotatable bonds is 6. The Labute approximate surface area is 109 Å². The van der Waals surface area contributed by atoms with Gasteiger partial charge in [0.05, 0.1) is 0 Å². The van der Waals surface area contributed by atoms with Gasteiger partial charge >= 0.3 is 0 Å². The fourth-order valence-corrected chi connectivity index (χ4v) is 2.39. The second-order valence-electron chi connectivity index (χ2n) is 5.50. The fraction of sp³-hybridized carbons (Fsp3) is 0.846. The van der Waals surface area contributed by atoms with E-state index >= 15 is 0 Å². The summed E-state index contributed by atoms with van der Waals surface area (Å²) in [7, 11) is 0. The molecule has 0 saturated carbocycles. The Balaban J connectivity index is 1.66. The summed E-state index contributed by atoms with van der Waals surface area (Å²) in [5.41, 5.74) is 0. The summed E-state index contributed by atoms with van der Waals surface area (Å²) >= 11 is 0. The van der Waals surface area contributed by atoms with Crippen LogP contribution in [-0.4, -0.2) is 47.3 Å². The third-order valence-corrected chi connectivity index (χ3v) is 3.41. The van der Waals surface area contributed by atoms with E-state index in [1.807, 2.05) is 6.92 Å². The highest BCUT2D eigenvalue weighted by Crippen LogP contribution is 2.15. The van der Waals surface area contributed by atoms with E-state index in [0.717, 1.165) is 31.3 Å². The van der Waals surface area contributed by atoms with Crippen LogP contribution in [0.25, 0.3) is 0 Å². The van der Waals surface area contributed by atoms with Gasteiger partial charge in [-0.3, -0.25) is 0 Å². The lowest BCUT2D eigenvalue weighted by molar-refractivity contribution is 0.318. The average Bonchev–Trinajstić information content (AvgIpc) is 2.93. The molecule has 0 aromatic carbocycles. The molecule has 1 aromatic heterocycles. The van der Waals surface area contributed by atoms with E-state index in [1.54, 1.807) is 0 Å². The molecule has 0 amide bonds. The third-order valence-electron chi connectivity index (χ3n) is 3.41. The zero-order valence-corrected chi connectivity index (χ0v) is 11.6. The smallest absolute Gasteiger partial charge is 0.223 e. The normalized spacial score (nSPS) is 21.0. The lowest BCUT2D eigenvalue weighted by Gasteiger charge is -2.16. The molecule has 18 heavy (non-hydrogen) atoms. The van der Waals surface area contributed by atoms with Crippen molar-refractivity contribution >= 4 is 0 Å². The molecule has 0 aliphatic carbocycles. The minimum Gasteiger partial charge on any atom is -0.340 e. The second kappa shape index (κ2) is 6.29. The zero-order chi connectivity index (χ0) is 13.0. The molecule has 1 N–H and O–H groups in total. The highest BCUT2D eigenvalue weighted by molar-refractivity contribution is 4.86. The molecule has 5 heteroatoms. The van der Waals surface area contributed by atoms with E-state index in [1.165, 1.54) is 19.5 Å². The van der Waals surface area contributed by atoms with Gasteiger partial charge in [-0.15, -0.1) is 0 Å². The van der Waals surface area contributed by atoms with Crippen LogP contribution in [0.15, 0.2) is 4.52 Å². The lowest BCUT2D eigenvalue weighted by Crippen LogP contribution is -2.31. The minimum absolute atomic E-state index is 0.585. The van der Waals surface area contributed by atoms with Crippen molar-refractivity contribution in [2.24, 2.45) is 5.92 Å². The molecule has 2 rings (SSSR count). The molecule has 1 fully saturated rings. The van der Waals surface area contributed by atoms with E-state index in [9.17, 15) is 0 Å². The van der Waals surface area contributed by atoms with Crippen LogP contribution in [0.1, 0.15) is 32.0 Å². The molecule has 2 heterocycles. The highest BCUT2D eigenvalue weighted by Gasteiger charge is 2.22. The van der Waals surface area contributed by atoms with Gasteiger partial charge in [0, 0.05) is 32.5 Å². The highest BCUT2D eigenvalue weighted by atomic mass is 16.5. The molecule has 102 valence electrons. The van der Waals surface area contributed by atoms with Gasteiger partial charge in [-0.05, 0) is 25.4 Å². The summed E-state index contributed by atoms with van der Waals surface area (Å²) in [6.45, 7) is 10.8. The summed E-state index contributed by atoms with van der Waals surface area (Å²) in [4.78, 5) is 6.73. The number of nitrogens with zero attached hydrogens (tertiary/aromatic N) is 3. The lowest BCUT2D eigenvalue weighted by atomic mass is 10.1. The Bertz CT molecular complexity index is 364. The van der Waals surface area contributed by atoms with E-state index in [0.29, 0.717) is 11.9 Å². The Morgan fingerprint density at radius 1 is 1.50 bits per heavy atom. The van der Waals surface area contributed by atoms with Gasteiger partial charge in [0.25, 0.3) is 0 Å². The van der Waals surface area contributed by atoms with Crippen molar-refractivity contribution in [1.82, 2.24) is 20.4 Å². The first-order valence-electron chi connectivity index (χ1n) is 6.88. The van der Waals surface area contributed by atoms with Crippen molar-refractivity contribution < 1.29 is 4.52 Å². The number of aromatic nitrogens is 2. The number of hydrogen-bond acceptors (Lipinski definition) is 5. The second-order valence-corrected chi connectivity index (χ2v) is 5.50. The molecule has 5 nitrogen and oxygen atoms in total. The molecular weight excluding hydrogens is 228 g/mol. The molecule has 1 saturated heterocycles. The summed E-state index contributed by atoms with van der Waals surface area (Å²) in [6, 6.07) is 0.585. The number of hydrogen-bond donors (Lipinski definition) is 1. The summed E-state index contributed by atoms with van der Waals surface area (Å²) in [6.07, 6.45) is 2.19. The minimum atomic E-state index is 0.585. The van der Waals surface area contributed by atoms with Crippen molar-refractivity contribution in [2.75, 3.05) is 26.2 Å². The monoisotopic (exact) mass is 252 g/mol. The van der Waals surface area contributed by atoms with E-state index in [4.69, 9.17) is 4.52 Å². The molecule has 1 unspecified atom stereocenters.